The molecule has 1 fully saturated rings. The number of fused-ring (bicyclic) bond motifs is 1. The van der Waals surface area contributed by atoms with E-state index in [1.165, 1.54) is 0 Å². The van der Waals surface area contributed by atoms with Gasteiger partial charge in [-0.15, -0.1) is 0 Å². The van der Waals surface area contributed by atoms with Crippen molar-refractivity contribution in [3.8, 4) is 0 Å². The maximum absolute atomic E-state index is 8.83. The summed E-state index contributed by atoms with van der Waals surface area (Å²) in [4.78, 5) is 4.58. The molecule has 0 aromatic rings. The fourth-order valence-electron chi connectivity index (χ4n) is 2.78. The Morgan fingerprint density at radius 3 is 2.42 bits per heavy atom. The van der Waals surface area contributed by atoms with Gasteiger partial charge in [0.2, 0.25) is 0 Å². The van der Waals surface area contributed by atoms with Crippen LogP contribution < -0.4 is 0 Å². The van der Waals surface area contributed by atoms with Crippen molar-refractivity contribution in [2.75, 3.05) is 0 Å². The van der Waals surface area contributed by atoms with Crippen LogP contribution in [0.4, 0.5) is 0 Å². The van der Waals surface area contributed by atoms with Crippen LogP contribution in [0.2, 0.25) is 0 Å². The van der Waals surface area contributed by atoms with E-state index in [9.17, 15) is 0 Å². The van der Waals surface area contributed by atoms with Gasteiger partial charge < -0.3 is 0 Å². The van der Waals surface area contributed by atoms with E-state index in [1.807, 2.05) is 13.0 Å². The minimum absolute atomic E-state index is 0.298. The van der Waals surface area contributed by atoms with Gasteiger partial charge >= 0.3 is 0 Å². The summed E-state index contributed by atoms with van der Waals surface area (Å²) >= 11 is 0. The monoisotopic (exact) mass is 168 g/mol. The molecule has 0 unspecified atom stereocenters. The molecule has 68 valence electrons. The molecule has 0 radical (unpaired) electrons. The van der Waals surface area contributed by atoms with Gasteiger partial charge in [0.1, 0.15) is 5.60 Å². The summed E-state index contributed by atoms with van der Waals surface area (Å²) in [5.74, 6) is 1.15. The van der Waals surface area contributed by atoms with E-state index in [2.05, 4.69) is 24.8 Å². The zero-order valence-electron chi connectivity index (χ0n) is 7.87. The summed E-state index contributed by atoms with van der Waals surface area (Å²) in [5.41, 5.74) is -0.148. The van der Waals surface area contributed by atoms with E-state index in [-0.39, 0.29) is 0 Å². The SMILES string of the molecule is CC1(C)[C@@H]2C=C[C@](C)(OO)[C@H]1C2. The fourth-order valence-corrected chi connectivity index (χ4v) is 2.78. The van der Waals surface area contributed by atoms with Crippen LogP contribution in [-0.2, 0) is 4.89 Å². The second-order valence-corrected chi connectivity index (χ2v) is 4.85. The average molecular weight is 168 g/mol. The molecule has 0 aromatic carbocycles. The van der Waals surface area contributed by atoms with Gasteiger partial charge in [0.05, 0.1) is 0 Å². The van der Waals surface area contributed by atoms with Gasteiger partial charge in [0.15, 0.2) is 0 Å². The molecular formula is C10H16O2. The third kappa shape index (κ3) is 0.771. The molecule has 3 rings (SSSR count). The molecule has 0 aliphatic heterocycles. The van der Waals surface area contributed by atoms with Gasteiger partial charge in [-0.25, -0.2) is 4.89 Å². The molecule has 0 amide bonds. The first-order valence-electron chi connectivity index (χ1n) is 4.52. The number of rotatable bonds is 1. The van der Waals surface area contributed by atoms with Gasteiger partial charge in [-0.1, -0.05) is 26.0 Å². The minimum atomic E-state index is -0.446. The molecule has 1 N–H and O–H groups in total. The summed E-state index contributed by atoms with van der Waals surface area (Å²) in [5, 5.41) is 8.83. The number of hydrogen-bond acceptors (Lipinski definition) is 2. The molecule has 3 atom stereocenters. The lowest BCUT2D eigenvalue weighted by Crippen LogP contribution is -2.58. The first-order valence-corrected chi connectivity index (χ1v) is 4.52. The zero-order chi connectivity index (χ0) is 8.98. The Balaban J connectivity index is 2.33. The van der Waals surface area contributed by atoms with Gasteiger partial charge in [-0.05, 0) is 24.7 Å². The molecule has 3 aliphatic rings. The molecule has 0 aromatic heterocycles. The van der Waals surface area contributed by atoms with Crippen LogP contribution in [0.3, 0.4) is 0 Å². The maximum Gasteiger partial charge on any atom is 0.122 e. The Morgan fingerprint density at radius 2 is 2.08 bits per heavy atom. The zero-order valence-corrected chi connectivity index (χ0v) is 7.87. The predicted molar refractivity (Wildman–Crippen MR) is 46.6 cm³/mol. The van der Waals surface area contributed by atoms with E-state index >= 15 is 0 Å². The highest BCUT2D eigenvalue weighted by atomic mass is 17.1. The summed E-state index contributed by atoms with van der Waals surface area (Å²) in [7, 11) is 0. The largest absolute Gasteiger partial charge is 0.251 e. The Kier molecular flexibility index (Phi) is 1.46. The highest BCUT2D eigenvalue weighted by Gasteiger charge is 2.58. The summed E-state index contributed by atoms with van der Waals surface area (Å²) in [6.07, 6.45) is 5.33. The van der Waals surface area contributed by atoms with Crippen LogP contribution in [0.25, 0.3) is 0 Å². The van der Waals surface area contributed by atoms with Crippen LogP contribution in [0.15, 0.2) is 12.2 Å². The highest BCUT2D eigenvalue weighted by molar-refractivity contribution is 5.23. The van der Waals surface area contributed by atoms with Crippen molar-refractivity contribution in [1.82, 2.24) is 0 Å². The van der Waals surface area contributed by atoms with Crippen molar-refractivity contribution in [3.05, 3.63) is 12.2 Å². The van der Waals surface area contributed by atoms with Crippen molar-refractivity contribution in [1.29, 1.82) is 0 Å². The molecule has 1 saturated carbocycles. The molecule has 0 heterocycles. The maximum atomic E-state index is 8.83. The Hall–Kier alpha value is -0.340. The van der Waals surface area contributed by atoms with E-state index in [0.29, 0.717) is 17.3 Å². The molecule has 12 heavy (non-hydrogen) atoms. The topological polar surface area (TPSA) is 29.5 Å². The molecule has 2 nitrogen and oxygen atoms in total. The van der Waals surface area contributed by atoms with Crippen molar-refractivity contribution < 1.29 is 10.1 Å². The molecule has 2 bridgehead atoms. The normalized spacial score (nSPS) is 48.7. The van der Waals surface area contributed by atoms with Crippen molar-refractivity contribution in [2.45, 2.75) is 32.8 Å². The van der Waals surface area contributed by atoms with E-state index in [0.717, 1.165) is 6.42 Å². The Labute approximate surface area is 73.2 Å². The van der Waals surface area contributed by atoms with E-state index in [1.54, 1.807) is 0 Å². The summed E-state index contributed by atoms with van der Waals surface area (Å²) < 4.78 is 0. The number of allylic oxidation sites excluding steroid dienone is 1. The van der Waals surface area contributed by atoms with E-state index in [4.69, 9.17) is 5.26 Å². The quantitative estimate of drug-likeness (QED) is 0.370. The van der Waals surface area contributed by atoms with Crippen LogP contribution in [0.5, 0.6) is 0 Å². The second-order valence-electron chi connectivity index (χ2n) is 4.85. The molecule has 3 aliphatic carbocycles. The molecule has 0 saturated heterocycles. The van der Waals surface area contributed by atoms with Crippen LogP contribution in [0.1, 0.15) is 27.2 Å². The van der Waals surface area contributed by atoms with Crippen LogP contribution in [0, 0.1) is 17.3 Å². The van der Waals surface area contributed by atoms with Gasteiger partial charge in [-0.3, -0.25) is 5.26 Å². The van der Waals surface area contributed by atoms with Gasteiger partial charge in [-0.2, -0.15) is 0 Å². The van der Waals surface area contributed by atoms with Crippen LogP contribution in [-0.4, -0.2) is 10.9 Å². The highest BCUT2D eigenvalue weighted by Crippen LogP contribution is 2.60. The molecular weight excluding hydrogens is 152 g/mol. The van der Waals surface area contributed by atoms with Crippen molar-refractivity contribution >= 4 is 0 Å². The van der Waals surface area contributed by atoms with E-state index < -0.39 is 5.60 Å². The summed E-state index contributed by atoms with van der Waals surface area (Å²) in [6, 6.07) is 0. The second kappa shape index (κ2) is 2.12. The average Bonchev–Trinajstić information content (AvgIpc) is 2.04. The lowest BCUT2D eigenvalue weighted by Gasteiger charge is -2.59. The fraction of sp³-hybridized carbons (Fsp3) is 0.800. The standard InChI is InChI=1S/C10H16O2/c1-9(2)7-4-5-10(3,12-11)8(9)6-7/h4-5,7-8,11H,6H2,1-3H3/t7-,8+,10+/m1/s1. The van der Waals surface area contributed by atoms with Crippen LogP contribution >= 0.6 is 0 Å². The summed E-state index contributed by atoms with van der Waals surface area (Å²) in [6.45, 7) is 6.44. The first-order chi connectivity index (χ1) is 5.50. The van der Waals surface area contributed by atoms with Crippen molar-refractivity contribution in [3.63, 3.8) is 0 Å². The first kappa shape index (κ1) is 8.27. The lowest BCUT2D eigenvalue weighted by atomic mass is 9.47. The Bertz CT molecular complexity index is 232. The Morgan fingerprint density at radius 1 is 1.42 bits per heavy atom. The van der Waals surface area contributed by atoms with Crippen molar-refractivity contribution in [2.24, 2.45) is 17.3 Å². The lowest BCUT2D eigenvalue weighted by molar-refractivity contribution is -0.340. The molecule has 2 heteroatoms. The minimum Gasteiger partial charge on any atom is -0.251 e. The predicted octanol–water partition coefficient (Wildman–Crippen LogP) is 2.47. The number of hydrogen-bond donors (Lipinski definition) is 1. The third-order valence-electron chi connectivity index (χ3n) is 3.89. The van der Waals surface area contributed by atoms with Gasteiger partial charge in [0.25, 0.3) is 0 Å². The van der Waals surface area contributed by atoms with Gasteiger partial charge in [0, 0.05) is 5.92 Å². The third-order valence-corrected chi connectivity index (χ3v) is 3.89. The smallest absolute Gasteiger partial charge is 0.122 e. The molecule has 0 spiro atoms.